The van der Waals surface area contributed by atoms with Gasteiger partial charge in [-0.15, -0.1) is 12.4 Å². The average Bonchev–Trinajstić information content (AvgIpc) is 2.89. The molecule has 0 fully saturated rings. The highest BCUT2D eigenvalue weighted by Gasteiger charge is 2.01. The lowest BCUT2D eigenvalue weighted by atomic mass is 10.2. The zero-order valence-corrected chi connectivity index (χ0v) is 12.7. The van der Waals surface area contributed by atoms with Crippen molar-refractivity contribution in [3.8, 4) is 0 Å². The Morgan fingerprint density at radius 3 is 2.63 bits per heavy atom. The zero-order valence-electron chi connectivity index (χ0n) is 11.8. The predicted octanol–water partition coefficient (Wildman–Crippen LogP) is 2.59. The largest absolute Gasteiger partial charge is 0.353 e. The SMILES string of the molecule is CC(C)Cn1ccc(CNCc2cccn2C)n1.Cl. The molecule has 0 amide bonds. The van der Waals surface area contributed by atoms with Crippen molar-refractivity contribution in [3.05, 3.63) is 42.0 Å². The topological polar surface area (TPSA) is 34.8 Å². The van der Waals surface area contributed by atoms with Crippen LogP contribution in [0.5, 0.6) is 0 Å². The summed E-state index contributed by atoms with van der Waals surface area (Å²) in [5, 5.41) is 7.95. The van der Waals surface area contributed by atoms with Gasteiger partial charge in [-0.25, -0.2) is 0 Å². The van der Waals surface area contributed by atoms with Gasteiger partial charge in [0.05, 0.1) is 5.69 Å². The maximum absolute atomic E-state index is 4.54. The number of nitrogens with zero attached hydrogens (tertiary/aromatic N) is 3. The van der Waals surface area contributed by atoms with Crippen LogP contribution >= 0.6 is 12.4 Å². The summed E-state index contributed by atoms with van der Waals surface area (Å²) in [6, 6.07) is 6.28. The van der Waals surface area contributed by atoms with Gasteiger partial charge >= 0.3 is 0 Å². The molecule has 2 heterocycles. The van der Waals surface area contributed by atoms with Crippen LogP contribution in [0.25, 0.3) is 0 Å². The summed E-state index contributed by atoms with van der Waals surface area (Å²) in [4.78, 5) is 0. The van der Waals surface area contributed by atoms with E-state index in [-0.39, 0.29) is 12.4 Å². The van der Waals surface area contributed by atoms with E-state index in [1.807, 2.05) is 4.68 Å². The fraction of sp³-hybridized carbons (Fsp3) is 0.500. The van der Waals surface area contributed by atoms with Crippen molar-refractivity contribution in [2.75, 3.05) is 0 Å². The second-order valence-corrected chi connectivity index (χ2v) is 5.14. The maximum Gasteiger partial charge on any atom is 0.0762 e. The Bertz CT molecular complexity index is 487. The summed E-state index contributed by atoms with van der Waals surface area (Å²) in [5.41, 5.74) is 2.39. The zero-order chi connectivity index (χ0) is 13.0. The highest BCUT2D eigenvalue weighted by molar-refractivity contribution is 5.85. The molecule has 19 heavy (non-hydrogen) atoms. The van der Waals surface area contributed by atoms with Crippen LogP contribution < -0.4 is 5.32 Å². The van der Waals surface area contributed by atoms with Crippen molar-refractivity contribution >= 4 is 12.4 Å². The van der Waals surface area contributed by atoms with Crippen LogP contribution in [0.15, 0.2) is 30.6 Å². The van der Waals surface area contributed by atoms with E-state index in [1.54, 1.807) is 0 Å². The summed E-state index contributed by atoms with van der Waals surface area (Å²) in [6.45, 7) is 7.08. The second-order valence-electron chi connectivity index (χ2n) is 5.14. The molecule has 0 unspecified atom stereocenters. The molecule has 2 aromatic rings. The van der Waals surface area contributed by atoms with Gasteiger partial charge < -0.3 is 9.88 Å². The molecule has 1 N–H and O–H groups in total. The molecule has 0 atom stereocenters. The molecule has 0 bridgehead atoms. The summed E-state index contributed by atoms with van der Waals surface area (Å²) in [6.07, 6.45) is 4.12. The fourth-order valence-corrected chi connectivity index (χ4v) is 1.97. The number of rotatable bonds is 6. The Balaban J connectivity index is 0.00000180. The molecule has 0 radical (unpaired) electrons. The molecule has 5 heteroatoms. The van der Waals surface area contributed by atoms with Gasteiger partial charge in [0.2, 0.25) is 0 Å². The van der Waals surface area contributed by atoms with Crippen molar-refractivity contribution in [1.82, 2.24) is 19.7 Å². The molecule has 0 saturated heterocycles. The molecule has 2 aromatic heterocycles. The molecule has 0 aliphatic rings. The summed E-state index contributed by atoms with van der Waals surface area (Å²) >= 11 is 0. The number of halogens is 1. The van der Waals surface area contributed by atoms with E-state index in [2.05, 4.69) is 66.5 Å². The molecule has 4 nitrogen and oxygen atoms in total. The maximum atomic E-state index is 4.54. The Morgan fingerprint density at radius 1 is 1.21 bits per heavy atom. The van der Waals surface area contributed by atoms with Gasteiger partial charge in [0.1, 0.15) is 0 Å². The van der Waals surface area contributed by atoms with Crippen molar-refractivity contribution in [3.63, 3.8) is 0 Å². The third-order valence-electron chi connectivity index (χ3n) is 2.91. The van der Waals surface area contributed by atoms with E-state index >= 15 is 0 Å². The van der Waals surface area contributed by atoms with Gasteiger partial charge in [0, 0.05) is 44.8 Å². The Morgan fingerprint density at radius 2 is 2.00 bits per heavy atom. The summed E-state index contributed by atoms with van der Waals surface area (Å²) in [7, 11) is 2.06. The van der Waals surface area contributed by atoms with Gasteiger partial charge in [-0.3, -0.25) is 4.68 Å². The first-order chi connectivity index (χ1) is 8.65. The number of hydrogen-bond acceptors (Lipinski definition) is 2. The lowest BCUT2D eigenvalue weighted by Gasteiger charge is -2.05. The Hall–Kier alpha value is -1.26. The number of aromatic nitrogens is 3. The van der Waals surface area contributed by atoms with Gasteiger partial charge in [-0.2, -0.15) is 5.10 Å². The van der Waals surface area contributed by atoms with Crippen LogP contribution in [0.1, 0.15) is 25.2 Å². The van der Waals surface area contributed by atoms with Crippen LogP contribution in [0, 0.1) is 5.92 Å². The number of hydrogen-bond donors (Lipinski definition) is 1. The minimum absolute atomic E-state index is 0. The monoisotopic (exact) mass is 282 g/mol. The third kappa shape index (κ3) is 4.73. The fourth-order valence-electron chi connectivity index (χ4n) is 1.97. The van der Waals surface area contributed by atoms with Crippen LogP contribution in [-0.2, 0) is 26.7 Å². The molecule has 0 aliphatic heterocycles. The third-order valence-corrected chi connectivity index (χ3v) is 2.91. The quantitative estimate of drug-likeness (QED) is 0.884. The second kappa shape index (κ2) is 7.36. The minimum Gasteiger partial charge on any atom is -0.353 e. The lowest BCUT2D eigenvalue weighted by Crippen LogP contribution is -2.15. The van der Waals surface area contributed by atoms with E-state index < -0.39 is 0 Å². The highest BCUT2D eigenvalue weighted by Crippen LogP contribution is 2.02. The highest BCUT2D eigenvalue weighted by atomic mass is 35.5. The first kappa shape index (κ1) is 15.8. The van der Waals surface area contributed by atoms with Crippen LogP contribution in [0.4, 0.5) is 0 Å². The average molecular weight is 283 g/mol. The van der Waals surface area contributed by atoms with Crippen molar-refractivity contribution in [2.24, 2.45) is 13.0 Å². The first-order valence-corrected chi connectivity index (χ1v) is 6.48. The standard InChI is InChI=1S/C14H22N4.ClH/c1-12(2)11-18-8-6-13(16-18)9-15-10-14-5-4-7-17(14)3;/h4-8,12,15H,9-11H2,1-3H3;1H. The van der Waals surface area contributed by atoms with Crippen molar-refractivity contribution in [2.45, 2.75) is 33.5 Å². The van der Waals surface area contributed by atoms with E-state index in [1.165, 1.54) is 5.69 Å². The minimum atomic E-state index is 0. The van der Waals surface area contributed by atoms with Gasteiger partial charge in [-0.1, -0.05) is 13.8 Å². The molecule has 0 saturated carbocycles. The normalized spacial score (nSPS) is 10.7. The van der Waals surface area contributed by atoms with Crippen LogP contribution in [-0.4, -0.2) is 14.3 Å². The summed E-state index contributed by atoms with van der Waals surface area (Å²) < 4.78 is 4.15. The lowest BCUT2D eigenvalue weighted by molar-refractivity contribution is 0.477. The van der Waals surface area contributed by atoms with Gasteiger partial charge in [0.15, 0.2) is 0 Å². The molecule has 2 rings (SSSR count). The predicted molar refractivity (Wildman–Crippen MR) is 80.3 cm³/mol. The van der Waals surface area contributed by atoms with Crippen molar-refractivity contribution < 1.29 is 0 Å². The Kier molecular flexibility index (Phi) is 6.12. The van der Waals surface area contributed by atoms with E-state index in [0.717, 1.165) is 25.3 Å². The molecule has 0 aliphatic carbocycles. The van der Waals surface area contributed by atoms with Crippen LogP contribution in [0.2, 0.25) is 0 Å². The van der Waals surface area contributed by atoms with E-state index in [4.69, 9.17) is 0 Å². The molecule has 0 aromatic carbocycles. The molecular weight excluding hydrogens is 260 g/mol. The van der Waals surface area contributed by atoms with E-state index in [9.17, 15) is 0 Å². The molecular formula is C14H23ClN4. The molecule has 106 valence electrons. The summed E-state index contributed by atoms with van der Waals surface area (Å²) in [5.74, 6) is 0.633. The number of nitrogens with one attached hydrogen (secondary N) is 1. The number of aryl methyl sites for hydroxylation is 1. The first-order valence-electron chi connectivity index (χ1n) is 6.48. The van der Waals surface area contributed by atoms with Gasteiger partial charge in [-0.05, 0) is 24.1 Å². The Labute approximate surface area is 121 Å². The van der Waals surface area contributed by atoms with Crippen molar-refractivity contribution in [1.29, 1.82) is 0 Å². The van der Waals surface area contributed by atoms with Crippen LogP contribution in [0.3, 0.4) is 0 Å². The van der Waals surface area contributed by atoms with Gasteiger partial charge in [0.25, 0.3) is 0 Å². The molecule has 0 spiro atoms. The smallest absolute Gasteiger partial charge is 0.0762 e. The van der Waals surface area contributed by atoms with E-state index in [0.29, 0.717) is 5.92 Å².